The first-order valence-electron chi connectivity index (χ1n) is 12.0. The summed E-state index contributed by atoms with van der Waals surface area (Å²) in [6.45, 7) is 7.88. The van der Waals surface area contributed by atoms with Crippen molar-refractivity contribution < 1.29 is 14.3 Å². The first kappa shape index (κ1) is 26.3. The molecule has 12 heteroatoms. The molecule has 196 valence electrons. The van der Waals surface area contributed by atoms with Crippen molar-refractivity contribution in [2.24, 2.45) is 0 Å². The Labute approximate surface area is 221 Å². The predicted molar refractivity (Wildman–Crippen MR) is 147 cm³/mol. The summed E-state index contributed by atoms with van der Waals surface area (Å²) in [4.78, 5) is 20.4. The fraction of sp³-hybridized carbons (Fsp3) is 0.400. The van der Waals surface area contributed by atoms with Crippen LogP contribution in [0.4, 0.5) is 17.3 Å². The van der Waals surface area contributed by atoms with Crippen LogP contribution in [0.2, 0.25) is 0 Å². The maximum absolute atomic E-state index is 11.8. The van der Waals surface area contributed by atoms with E-state index in [0.717, 1.165) is 18.7 Å². The Morgan fingerprint density at radius 2 is 1.97 bits per heavy atom. The Balaban J connectivity index is 1.46. The van der Waals surface area contributed by atoms with Crippen LogP contribution in [0.3, 0.4) is 0 Å². The van der Waals surface area contributed by atoms with Crippen LogP contribution in [0, 0.1) is 0 Å². The number of ether oxygens (including phenoxy) is 2. The molecule has 3 aromatic rings. The lowest BCUT2D eigenvalue weighted by Gasteiger charge is -2.22. The summed E-state index contributed by atoms with van der Waals surface area (Å²) >= 11 is 5.55. The number of hydrogen-bond donors (Lipinski definition) is 4. The van der Waals surface area contributed by atoms with Crippen molar-refractivity contribution in [2.45, 2.75) is 38.6 Å². The number of anilines is 3. The predicted octanol–water partition coefficient (Wildman–Crippen LogP) is 3.93. The topological polar surface area (TPSA) is 127 Å². The highest BCUT2D eigenvalue weighted by molar-refractivity contribution is 7.80. The number of pyridine rings is 2. The highest BCUT2D eigenvalue weighted by Crippen LogP contribution is 2.31. The quantitative estimate of drug-likeness (QED) is 0.338. The standard InChI is InChI=1S/C25H32N8O3S/c1-25(2,3)20-12-21(32-33(20)15-7-9-35-14-15)30-24(37)31-22-18(26-4)11-17(13-29-22)36-16-6-8-28-19(10-16)23(34)27-5/h6,8,10-13,15,26H,7,9,14H2,1-5H3,(H,27,34)(H2,29,30,31,32,37)/t15-/m1/s1. The number of rotatable bonds is 7. The molecule has 0 aromatic carbocycles. The molecule has 1 atom stereocenters. The van der Waals surface area contributed by atoms with Crippen LogP contribution in [0.5, 0.6) is 11.5 Å². The second-order valence-corrected chi connectivity index (χ2v) is 9.99. The van der Waals surface area contributed by atoms with E-state index in [-0.39, 0.29) is 23.1 Å². The molecule has 4 heterocycles. The summed E-state index contributed by atoms with van der Waals surface area (Å²) in [6, 6.07) is 7.25. The summed E-state index contributed by atoms with van der Waals surface area (Å²) in [5.74, 6) is 1.83. The highest BCUT2D eigenvalue weighted by Gasteiger charge is 2.28. The van der Waals surface area contributed by atoms with E-state index in [0.29, 0.717) is 40.5 Å². The van der Waals surface area contributed by atoms with E-state index >= 15 is 0 Å². The van der Waals surface area contributed by atoms with Crippen molar-refractivity contribution in [3.05, 3.63) is 48.0 Å². The Kier molecular flexibility index (Phi) is 7.89. The van der Waals surface area contributed by atoms with Crippen molar-refractivity contribution in [1.29, 1.82) is 0 Å². The third-order valence-electron chi connectivity index (χ3n) is 5.79. The van der Waals surface area contributed by atoms with Gasteiger partial charge in [-0.25, -0.2) is 4.98 Å². The smallest absolute Gasteiger partial charge is 0.269 e. The zero-order valence-electron chi connectivity index (χ0n) is 21.6. The molecule has 1 saturated heterocycles. The molecule has 0 unspecified atom stereocenters. The summed E-state index contributed by atoms with van der Waals surface area (Å²) < 4.78 is 13.5. The number of carbonyl (C=O) groups is 1. The van der Waals surface area contributed by atoms with E-state index < -0.39 is 0 Å². The number of carbonyl (C=O) groups excluding carboxylic acids is 1. The van der Waals surface area contributed by atoms with E-state index in [2.05, 4.69) is 56.7 Å². The molecule has 4 N–H and O–H groups in total. The van der Waals surface area contributed by atoms with Crippen LogP contribution in [0.15, 0.2) is 36.7 Å². The van der Waals surface area contributed by atoms with Gasteiger partial charge in [0.2, 0.25) is 0 Å². The van der Waals surface area contributed by atoms with E-state index in [4.69, 9.17) is 26.8 Å². The van der Waals surface area contributed by atoms with Crippen LogP contribution in [-0.2, 0) is 10.2 Å². The summed E-state index contributed by atoms with van der Waals surface area (Å²) in [5.41, 5.74) is 1.96. The van der Waals surface area contributed by atoms with E-state index in [9.17, 15) is 4.79 Å². The van der Waals surface area contributed by atoms with Gasteiger partial charge in [0.05, 0.1) is 24.5 Å². The van der Waals surface area contributed by atoms with Gasteiger partial charge >= 0.3 is 0 Å². The number of aromatic nitrogens is 4. The number of amides is 1. The van der Waals surface area contributed by atoms with E-state index in [1.165, 1.54) is 6.20 Å². The minimum atomic E-state index is -0.295. The second-order valence-electron chi connectivity index (χ2n) is 9.58. The van der Waals surface area contributed by atoms with Gasteiger partial charge < -0.3 is 30.7 Å². The highest BCUT2D eigenvalue weighted by atomic mass is 32.1. The summed E-state index contributed by atoms with van der Waals surface area (Å²) in [7, 11) is 3.32. The first-order chi connectivity index (χ1) is 17.7. The fourth-order valence-corrected chi connectivity index (χ4v) is 4.12. The van der Waals surface area contributed by atoms with Gasteiger partial charge in [0.1, 0.15) is 17.2 Å². The summed E-state index contributed by atoms with van der Waals surface area (Å²) in [5, 5.41) is 17.1. The Hall–Kier alpha value is -3.77. The molecule has 1 fully saturated rings. The molecule has 0 bridgehead atoms. The maximum atomic E-state index is 11.8. The number of thiocarbonyl (C=S) groups is 1. The zero-order chi connectivity index (χ0) is 26.6. The second kappa shape index (κ2) is 11.1. The number of hydrogen-bond acceptors (Lipinski definition) is 8. The van der Waals surface area contributed by atoms with Crippen LogP contribution in [0.1, 0.15) is 49.4 Å². The molecule has 3 aromatic heterocycles. The van der Waals surface area contributed by atoms with Gasteiger partial charge in [-0.2, -0.15) is 5.10 Å². The minimum Gasteiger partial charge on any atom is -0.456 e. The van der Waals surface area contributed by atoms with E-state index in [1.54, 1.807) is 38.5 Å². The Morgan fingerprint density at radius 3 is 2.65 bits per heavy atom. The lowest BCUT2D eigenvalue weighted by molar-refractivity contribution is 0.0958. The van der Waals surface area contributed by atoms with Gasteiger partial charge in [-0.1, -0.05) is 20.8 Å². The zero-order valence-corrected chi connectivity index (χ0v) is 22.4. The maximum Gasteiger partial charge on any atom is 0.269 e. The Morgan fingerprint density at radius 1 is 1.16 bits per heavy atom. The molecule has 1 aliphatic heterocycles. The molecular formula is C25H32N8O3S. The van der Waals surface area contributed by atoms with E-state index in [1.807, 2.05) is 6.07 Å². The van der Waals surface area contributed by atoms with Gasteiger partial charge in [-0.15, -0.1) is 0 Å². The lowest BCUT2D eigenvalue weighted by Crippen LogP contribution is -2.22. The number of nitrogens with zero attached hydrogens (tertiary/aromatic N) is 4. The average molecular weight is 525 g/mol. The molecule has 11 nitrogen and oxygen atoms in total. The van der Waals surface area contributed by atoms with Crippen molar-refractivity contribution in [2.75, 3.05) is 43.3 Å². The van der Waals surface area contributed by atoms with Crippen LogP contribution in [0.25, 0.3) is 0 Å². The SMILES string of the molecule is CNC(=O)c1cc(Oc2cnc(NC(=S)Nc3cc(C(C)(C)C)n([C@@H]4CCOC4)n3)c(NC)c2)ccn1. The van der Waals surface area contributed by atoms with Crippen LogP contribution < -0.4 is 26.0 Å². The summed E-state index contributed by atoms with van der Waals surface area (Å²) in [6.07, 6.45) is 4.01. The monoisotopic (exact) mass is 524 g/mol. The van der Waals surface area contributed by atoms with Crippen LogP contribution in [-0.4, -0.2) is 58.1 Å². The molecule has 37 heavy (non-hydrogen) atoms. The molecule has 0 saturated carbocycles. The Bertz CT molecular complexity index is 1280. The number of nitrogens with one attached hydrogen (secondary N) is 4. The third kappa shape index (κ3) is 6.33. The third-order valence-corrected chi connectivity index (χ3v) is 5.99. The largest absolute Gasteiger partial charge is 0.456 e. The van der Waals surface area contributed by atoms with Crippen molar-refractivity contribution in [1.82, 2.24) is 25.1 Å². The fourth-order valence-electron chi connectivity index (χ4n) is 3.92. The van der Waals surface area contributed by atoms with Crippen molar-refractivity contribution >= 4 is 40.6 Å². The molecule has 4 rings (SSSR count). The van der Waals surface area contributed by atoms with Gasteiger partial charge in [0, 0.05) is 56.2 Å². The molecule has 0 spiro atoms. The molecular weight excluding hydrogens is 492 g/mol. The van der Waals surface area contributed by atoms with Gasteiger partial charge in [0.15, 0.2) is 16.7 Å². The van der Waals surface area contributed by atoms with Crippen LogP contribution >= 0.6 is 12.2 Å². The van der Waals surface area contributed by atoms with Gasteiger partial charge in [-0.3, -0.25) is 14.5 Å². The molecule has 1 aliphatic rings. The van der Waals surface area contributed by atoms with Crippen molar-refractivity contribution in [3.63, 3.8) is 0 Å². The molecule has 0 aliphatic carbocycles. The molecule has 1 amide bonds. The lowest BCUT2D eigenvalue weighted by atomic mass is 9.91. The molecule has 0 radical (unpaired) electrons. The van der Waals surface area contributed by atoms with Crippen molar-refractivity contribution in [3.8, 4) is 11.5 Å². The minimum absolute atomic E-state index is 0.0861. The normalized spacial score (nSPS) is 15.2. The first-order valence-corrected chi connectivity index (χ1v) is 12.4. The van der Waals surface area contributed by atoms with Gasteiger partial charge in [0.25, 0.3) is 5.91 Å². The van der Waals surface area contributed by atoms with Gasteiger partial charge in [-0.05, 0) is 24.7 Å². The average Bonchev–Trinajstić information content (AvgIpc) is 3.54.